The van der Waals surface area contributed by atoms with Crippen molar-refractivity contribution in [3.63, 3.8) is 0 Å². The van der Waals surface area contributed by atoms with Crippen molar-refractivity contribution in [2.75, 3.05) is 38.3 Å². The van der Waals surface area contributed by atoms with Crippen molar-refractivity contribution in [1.82, 2.24) is 9.97 Å². The molecule has 3 heterocycles. The molecule has 5 rings (SSSR count). The molecule has 0 N–H and O–H groups in total. The number of benzene rings is 1. The maximum Gasteiger partial charge on any atom is 0.225 e. The quantitative estimate of drug-likeness (QED) is 0.314. The van der Waals surface area contributed by atoms with Crippen LogP contribution >= 0.6 is 23.6 Å². The summed E-state index contributed by atoms with van der Waals surface area (Å²) in [4.78, 5) is 14.9. The number of hydrogen-bond acceptors (Lipinski definition) is 8. The summed E-state index contributed by atoms with van der Waals surface area (Å²) >= 11 is 6.36. The third-order valence-electron chi connectivity index (χ3n) is 6.77. The zero-order valence-electron chi connectivity index (χ0n) is 18.0. The van der Waals surface area contributed by atoms with Gasteiger partial charge in [-0.1, -0.05) is 11.6 Å². The van der Waals surface area contributed by atoms with Gasteiger partial charge in [0.05, 0.1) is 49.8 Å². The molecule has 1 aromatic heterocycles. The average molecular weight is 500 g/mol. The minimum absolute atomic E-state index is 0.000699. The molecule has 0 amide bonds. The lowest BCUT2D eigenvalue weighted by molar-refractivity contribution is -0.216. The lowest BCUT2D eigenvalue weighted by atomic mass is 9.87. The van der Waals surface area contributed by atoms with Crippen molar-refractivity contribution in [1.29, 1.82) is 0 Å². The van der Waals surface area contributed by atoms with Gasteiger partial charge in [-0.3, -0.25) is 0 Å². The Morgan fingerprint density at radius 2 is 1.76 bits per heavy atom. The normalized spacial score (nSPS) is 27.8. The Hall–Kier alpha value is -1.56. The summed E-state index contributed by atoms with van der Waals surface area (Å²) < 4.78 is 45.0. The molecule has 0 radical (unpaired) electrons. The van der Waals surface area contributed by atoms with Crippen LogP contribution in [0.1, 0.15) is 31.1 Å². The second kappa shape index (κ2) is 9.59. The van der Waals surface area contributed by atoms with Gasteiger partial charge in [-0.2, -0.15) is 4.33 Å². The van der Waals surface area contributed by atoms with Crippen LogP contribution in [-0.4, -0.2) is 43.4 Å². The highest BCUT2D eigenvalue weighted by Crippen LogP contribution is 2.61. The summed E-state index contributed by atoms with van der Waals surface area (Å²) in [6.07, 6.45) is 5.62. The SMILES string of the molecule is COOSc1c(F)cc(C2OCC3(CO2)CC3C2CCN(c3ncc(Cl)cn3)CC2)cc1F. The minimum atomic E-state index is -0.785. The molecule has 1 saturated carbocycles. The summed E-state index contributed by atoms with van der Waals surface area (Å²) in [7, 11) is 1.26. The molecule has 1 unspecified atom stereocenters. The molecule has 2 aromatic rings. The van der Waals surface area contributed by atoms with Gasteiger partial charge in [-0.25, -0.2) is 23.6 Å². The second-order valence-electron chi connectivity index (χ2n) is 8.78. The van der Waals surface area contributed by atoms with Crippen LogP contribution < -0.4 is 4.90 Å². The standard InChI is InChI=1S/C22H24ClF2N3O4S/c1-29-32-33-19-17(24)6-14(7-18(19)25)20-30-11-22(12-31-20)8-16(22)13-2-4-28(5-3-13)21-26-9-15(23)10-27-21/h6-7,9-10,13,16,20H,2-5,8,11-12H2,1H3. The lowest BCUT2D eigenvalue weighted by Gasteiger charge is -2.35. The van der Waals surface area contributed by atoms with Gasteiger partial charge in [0.1, 0.15) is 16.5 Å². The largest absolute Gasteiger partial charge is 0.348 e. The first-order chi connectivity index (χ1) is 16.0. The van der Waals surface area contributed by atoms with E-state index in [9.17, 15) is 8.78 Å². The Labute approximate surface area is 199 Å². The van der Waals surface area contributed by atoms with Crippen LogP contribution in [0.4, 0.5) is 14.7 Å². The van der Waals surface area contributed by atoms with Gasteiger partial charge in [-0.15, -0.1) is 0 Å². The molecule has 1 aromatic carbocycles. The van der Waals surface area contributed by atoms with Crippen LogP contribution in [-0.2, 0) is 18.7 Å². The molecule has 7 nitrogen and oxygen atoms in total. The Morgan fingerprint density at radius 3 is 2.36 bits per heavy atom. The highest BCUT2D eigenvalue weighted by Gasteiger charge is 2.59. The molecular formula is C22H24ClF2N3O4S. The third-order valence-corrected chi connectivity index (χ3v) is 7.73. The molecule has 2 aliphatic heterocycles. The van der Waals surface area contributed by atoms with Crippen LogP contribution in [0, 0.1) is 28.9 Å². The van der Waals surface area contributed by atoms with E-state index in [-0.39, 0.29) is 10.3 Å². The molecule has 2 saturated heterocycles. The van der Waals surface area contributed by atoms with E-state index < -0.39 is 17.9 Å². The lowest BCUT2D eigenvalue weighted by Crippen LogP contribution is -2.37. The Balaban J connectivity index is 1.14. The minimum Gasteiger partial charge on any atom is -0.348 e. The maximum atomic E-state index is 14.3. The fourth-order valence-electron chi connectivity index (χ4n) is 4.98. The summed E-state index contributed by atoms with van der Waals surface area (Å²) in [5.41, 5.74) is 0.314. The van der Waals surface area contributed by atoms with Gasteiger partial charge in [0.15, 0.2) is 6.29 Å². The van der Waals surface area contributed by atoms with Crippen LogP contribution in [0.2, 0.25) is 5.02 Å². The fourth-order valence-corrected chi connectivity index (χ4v) is 5.49. The molecule has 3 aliphatic rings. The second-order valence-corrected chi connectivity index (χ2v) is 9.93. The third kappa shape index (κ3) is 4.82. The number of aromatic nitrogens is 2. The zero-order valence-corrected chi connectivity index (χ0v) is 19.6. The first-order valence-corrected chi connectivity index (χ1v) is 11.9. The van der Waals surface area contributed by atoms with Gasteiger partial charge < -0.3 is 14.4 Å². The monoisotopic (exact) mass is 499 g/mol. The fraction of sp³-hybridized carbons (Fsp3) is 0.545. The van der Waals surface area contributed by atoms with Crippen LogP contribution in [0.5, 0.6) is 0 Å². The van der Waals surface area contributed by atoms with E-state index in [1.165, 1.54) is 19.2 Å². The van der Waals surface area contributed by atoms with Gasteiger partial charge in [-0.05, 0) is 43.2 Å². The highest BCUT2D eigenvalue weighted by atomic mass is 35.5. The summed E-state index contributed by atoms with van der Waals surface area (Å²) in [6, 6.07) is 2.43. The van der Waals surface area contributed by atoms with Crippen molar-refractivity contribution in [3.05, 3.63) is 46.7 Å². The summed E-state index contributed by atoms with van der Waals surface area (Å²) in [6.45, 7) is 2.85. The smallest absolute Gasteiger partial charge is 0.225 e. The highest BCUT2D eigenvalue weighted by molar-refractivity contribution is 7.94. The van der Waals surface area contributed by atoms with E-state index in [4.69, 9.17) is 21.1 Å². The molecule has 3 fully saturated rings. The maximum absolute atomic E-state index is 14.3. The van der Waals surface area contributed by atoms with Crippen molar-refractivity contribution >= 4 is 29.6 Å². The number of anilines is 1. The van der Waals surface area contributed by atoms with Crippen molar-refractivity contribution in [2.45, 2.75) is 30.4 Å². The Bertz CT molecular complexity index is 963. The van der Waals surface area contributed by atoms with Crippen LogP contribution in [0.25, 0.3) is 0 Å². The molecule has 1 spiro atoms. The van der Waals surface area contributed by atoms with E-state index >= 15 is 0 Å². The molecular weight excluding hydrogens is 476 g/mol. The number of rotatable bonds is 6. The number of hydrogen-bond donors (Lipinski definition) is 0. The van der Waals surface area contributed by atoms with E-state index in [1.54, 1.807) is 12.4 Å². The number of piperidine rings is 1. The topological polar surface area (TPSA) is 65.9 Å². The predicted octanol–water partition coefficient (Wildman–Crippen LogP) is 4.96. The number of halogens is 3. The number of ether oxygens (including phenoxy) is 2. The van der Waals surface area contributed by atoms with E-state index in [2.05, 4.69) is 24.1 Å². The van der Waals surface area contributed by atoms with Gasteiger partial charge in [0.2, 0.25) is 5.95 Å². The van der Waals surface area contributed by atoms with E-state index in [0.717, 1.165) is 32.4 Å². The predicted molar refractivity (Wildman–Crippen MR) is 117 cm³/mol. The molecule has 178 valence electrons. The molecule has 1 atom stereocenters. The molecule has 33 heavy (non-hydrogen) atoms. The summed E-state index contributed by atoms with van der Waals surface area (Å²) in [5, 5.41) is 0.532. The first kappa shape index (κ1) is 23.2. The average Bonchev–Trinajstić information content (AvgIpc) is 3.52. The van der Waals surface area contributed by atoms with Gasteiger partial charge >= 0.3 is 0 Å². The zero-order chi connectivity index (χ0) is 23.0. The molecule has 1 aliphatic carbocycles. The Kier molecular flexibility index (Phi) is 6.74. The van der Waals surface area contributed by atoms with Crippen molar-refractivity contribution in [3.8, 4) is 0 Å². The summed E-state index contributed by atoms with van der Waals surface area (Å²) in [5.74, 6) is 0.336. The molecule has 0 bridgehead atoms. The number of nitrogens with zero attached hydrogens (tertiary/aromatic N) is 3. The molecule has 11 heteroatoms. The van der Waals surface area contributed by atoms with Crippen LogP contribution in [0.15, 0.2) is 29.4 Å². The van der Waals surface area contributed by atoms with Crippen LogP contribution in [0.3, 0.4) is 0 Å². The van der Waals surface area contributed by atoms with Gasteiger partial charge in [0, 0.05) is 24.1 Å². The van der Waals surface area contributed by atoms with E-state index in [0.29, 0.717) is 53.6 Å². The van der Waals surface area contributed by atoms with Gasteiger partial charge in [0.25, 0.3) is 0 Å². The van der Waals surface area contributed by atoms with Crippen molar-refractivity contribution in [2.24, 2.45) is 17.3 Å². The Morgan fingerprint density at radius 1 is 1.12 bits per heavy atom. The van der Waals surface area contributed by atoms with Crippen molar-refractivity contribution < 1.29 is 27.5 Å². The first-order valence-electron chi connectivity index (χ1n) is 10.8. The van der Waals surface area contributed by atoms with E-state index in [1.807, 2.05) is 0 Å².